The zero-order chi connectivity index (χ0) is 56.3. The Balaban J connectivity index is 4.08. The highest BCUT2D eigenvalue weighted by molar-refractivity contribution is 7.45. The van der Waals surface area contributed by atoms with Crippen molar-refractivity contribution in [2.24, 2.45) is 0 Å². The lowest BCUT2D eigenvalue weighted by Gasteiger charge is -2.28. The van der Waals surface area contributed by atoms with Crippen LogP contribution in [0.3, 0.4) is 0 Å². The Morgan fingerprint density at radius 2 is 0.740 bits per heavy atom. The van der Waals surface area contributed by atoms with E-state index in [4.69, 9.17) is 18.5 Å². The van der Waals surface area contributed by atoms with Crippen LogP contribution >= 0.6 is 7.82 Å². The number of nitrogens with zero attached hydrogens (tertiary/aromatic N) is 1. The molecule has 0 bridgehead atoms. The van der Waals surface area contributed by atoms with Crippen LogP contribution in [0, 0.1) is 0 Å². The van der Waals surface area contributed by atoms with Gasteiger partial charge in [0, 0.05) is 12.8 Å². The molecule has 0 N–H and O–H groups in total. The van der Waals surface area contributed by atoms with Crippen LogP contribution in [0.25, 0.3) is 0 Å². The summed E-state index contributed by atoms with van der Waals surface area (Å²) in [4.78, 5) is 37.8. The van der Waals surface area contributed by atoms with Crippen molar-refractivity contribution in [1.82, 2.24) is 0 Å². The fourth-order valence-electron chi connectivity index (χ4n) is 8.00. The molecule has 0 aliphatic carbocycles. The standard InChI is InChI=1S/C67H114NO8P/c1-6-8-10-12-14-16-18-20-22-23-24-25-26-27-28-29-30-31-32-33-34-35-36-37-38-39-40-41-42-43-44-45-46-48-50-52-54-56-58-60-67(70)76-65(64-75-77(71,72)74-62-61-68(3,4)5)63-73-66(69)59-57-55-53-51-49-47-21-19-17-15-13-11-9-7-2/h8,10,14,16,19-22,24-25,27-28,30-31,33-34,36-37,39-40,65H,6-7,9,11-13,15,17-18,23,26,29,32,35,38,41-64H2,1-5H3/b10-8-,16-14-,21-19-,22-20-,25-24-,28-27-,31-30-,34-33-,37-36-,40-39-. The number of allylic oxidation sites excluding steroid dienone is 20. The van der Waals surface area contributed by atoms with E-state index < -0.39 is 32.5 Å². The second-order valence-electron chi connectivity index (χ2n) is 21.3. The highest BCUT2D eigenvalue weighted by Crippen LogP contribution is 2.38. The van der Waals surface area contributed by atoms with Gasteiger partial charge in [0.2, 0.25) is 0 Å². The Morgan fingerprint density at radius 1 is 0.416 bits per heavy atom. The molecule has 0 saturated carbocycles. The molecule has 10 heteroatoms. The number of quaternary nitrogens is 1. The molecule has 9 nitrogen and oxygen atoms in total. The number of carbonyl (C=O) groups is 2. The first-order valence-corrected chi connectivity index (χ1v) is 32.2. The third-order valence-corrected chi connectivity index (χ3v) is 13.7. The monoisotopic (exact) mass is 1090 g/mol. The fraction of sp³-hybridized carbons (Fsp3) is 0.672. The number of hydrogen-bond acceptors (Lipinski definition) is 8. The van der Waals surface area contributed by atoms with Crippen molar-refractivity contribution in [2.45, 2.75) is 245 Å². The van der Waals surface area contributed by atoms with Gasteiger partial charge < -0.3 is 27.9 Å². The summed E-state index contributed by atoms with van der Waals surface area (Å²) in [5, 5.41) is 0. The highest BCUT2D eigenvalue weighted by atomic mass is 31.2. The summed E-state index contributed by atoms with van der Waals surface area (Å²) in [6.45, 7) is 4.09. The molecule has 0 saturated heterocycles. The molecular formula is C67H114NO8P. The van der Waals surface area contributed by atoms with Gasteiger partial charge in [-0.05, 0) is 109 Å². The summed E-state index contributed by atoms with van der Waals surface area (Å²) >= 11 is 0. The van der Waals surface area contributed by atoms with E-state index in [0.717, 1.165) is 116 Å². The minimum atomic E-state index is -4.64. The molecule has 0 aliphatic rings. The van der Waals surface area contributed by atoms with Gasteiger partial charge in [-0.1, -0.05) is 238 Å². The molecule has 0 aromatic carbocycles. The molecule has 0 spiro atoms. The van der Waals surface area contributed by atoms with Crippen LogP contribution in [0.1, 0.15) is 239 Å². The van der Waals surface area contributed by atoms with Crippen LogP contribution in [0.15, 0.2) is 122 Å². The van der Waals surface area contributed by atoms with Crippen LogP contribution in [0.2, 0.25) is 0 Å². The average molecular weight is 1090 g/mol. The summed E-state index contributed by atoms with van der Waals surface area (Å²) in [7, 11) is 1.15. The molecule has 0 aromatic rings. The normalized spacial score (nSPS) is 14.1. The first kappa shape index (κ1) is 73.4. The van der Waals surface area contributed by atoms with Crippen molar-refractivity contribution in [1.29, 1.82) is 0 Å². The zero-order valence-corrected chi connectivity index (χ0v) is 50.8. The minimum absolute atomic E-state index is 0.0373. The van der Waals surface area contributed by atoms with Crippen LogP contribution in [-0.2, 0) is 32.7 Å². The zero-order valence-electron chi connectivity index (χ0n) is 49.9. The van der Waals surface area contributed by atoms with E-state index in [9.17, 15) is 19.0 Å². The van der Waals surface area contributed by atoms with Gasteiger partial charge >= 0.3 is 11.9 Å². The molecule has 2 unspecified atom stereocenters. The average Bonchev–Trinajstić information content (AvgIpc) is 3.39. The van der Waals surface area contributed by atoms with E-state index in [1.54, 1.807) is 0 Å². The lowest BCUT2D eigenvalue weighted by Crippen LogP contribution is -2.37. The Morgan fingerprint density at radius 3 is 1.12 bits per heavy atom. The maximum Gasteiger partial charge on any atom is 0.306 e. The topological polar surface area (TPSA) is 111 Å². The summed E-state index contributed by atoms with van der Waals surface area (Å²) in [6, 6.07) is 0. The Kier molecular flexibility index (Phi) is 54.4. The lowest BCUT2D eigenvalue weighted by molar-refractivity contribution is -0.870. The molecule has 0 fully saturated rings. The third kappa shape index (κ3) is 61.5. The predicted molar refractivity (Wildman–Crippen MR) is 328 cm³/mol. The lowest BCUT2D eigenvalue weighted by atomic mass is 10.0. The van der Waals surface area contributed by atoms with Crippen molar-refractivity contribution in [2.75, 3.05) is 47.5 Å². The number of esters is 2. The van der Waals surface area contributed by atoms with Gasteiger partial charge in [-0.25, -0.2) is 0 Å². The first-order chi connectivity index (χ1) is 37.5. The van der Waals surface area contributed by atoms with E-state index >= 15 is 0 Å². The number of phosphoric ester groups is 1. The molecule has 0 heterocycles. The van der Waals surface area contributed by atoms with Crippen LogP contribution in [0.4, 0.5) is 0 Å². The first-order valence-electron chi connectivity index (χ1n) is 30.7. The van der Waals surface area contributed by atoms with Crippen molar-refractivity contribution in [3.05, 3.63) is 122 Å². The van der Waals surface area contributed by atoms with Gasteiger partial charge in [0.25, 0.3) is 7.82 Å². The van der Waals surface area contributed by atoms with E-state index in [2.05, 4.69) is 135 Å². The number of rotatable bonds is 55. The molecule has 0 rings (SSSR count). The molecular weight excluding hydrogens is 978 g/mol. The molecule has 2 atom stereocenters. The molecule has 440 valence electrons. The molecule has 77 heavy (non-hydrogen) atoms. The molecule has 0 amide bonds. The van der Waals surface area contributed by atoms with Gasteiger partial charge in [-0.15, -0.1) is 0 Å². The smallest absolute Gasteiger partial charge is 0.306 e. The number of likely N-dealkylation sites (N-methyl/N-ethyl adjacent to an activating group) is 1. The van der Waals surface area contributed by atoms with Crippen LogP contribution in [0.5, 0.6) is 0 Å². The van der Waals surface area contributed by atoms with Crippen molar-refractivity contribution < 1.29 is 42.1 Å². The van der Waals surface area contributed by atoms with Crippen LogP contribution in [-0.4, -0.2) is 70.0 Å². The minimum Gasteiger partial charge on any atom is -0.756 e. The van der Waals surface area contributed by atoms with E-state index in [-0.39, 0.29) is 26.1 Å². The molecule has 0 aliphatic heterocycles. The van der Waals surface area contributed by atoms with E-state index in [1.165, 1.54) is 83.5 Å². The number of ether oxygens (including phenoxy) is 2. The maximum atomic E-state index is 12.8. The number of carbonyl (C=O) groups excluding carboxylic acids is 2. The second-order valence-corrected chi connectivity index (χ2v) is 22.7. The fourth-order valence-corrected chi connectivity index (χ4v) is 8.72. The number of unbranched alkanes of at least 4 members (excludes halogenated alkanes) is 21. The van der Waals surface area contributed by atoms with Gasteiger partial charge in [0.05, 0.1) is 27.7 Å². The number of phosphoric acid groups is 1. The van der Waals surface area contributed by atoms with Gasteiger partial charge in [0.15, 0.2) is 6.10 Å². The summed E-state index contributed by atoms with van der Waals surface area (Å²) in [5.41, 5.74) is 0. The van der Waals surface area contributed by atoms with Crippen LogP contribution < -0.4 is 4.89 Å². The van der Waals surface area contributed by atoms with Crippen molar-refractivity contribution in [3.8, 4) is 0 Å². The molecule has 0 aromatic heterocycles. The highest BCUT2D eigenvalue weighted by Gasteiger charge is 2.22. The Bertz CT molecular complexity index is 1710. The Labute approximate surface area is 473 Å². The van der Waals surface area contributed by atoms with Crippen molar-refractivity contribution >= 4 is 19.8 Å². The van der Waals surface area contributed by atoms with Gasteiger partial charge in [-0.3, -0.25) is 14.2 Å². The second kappa shape index (κ2) is 57.1. The van der Waals surface area contributed by atoms with Crippen molar-refractivity contribution in [3.63, 3.8) is 0 Å². The summed E-state index contributed by atoms with van der Waals surface area (Å²) in [5.74, 6) is -0.851. The third-order valence-electron chi connectivity index (χ3n) is 12.7. The van der Waals surface area contributed by atoms with Gasteiger partial charge in [0.1, 0.15) is 19.8 Å². The predicted octanol–water partition coefficient (Wildman–Crippen LogP) is 18.9. The quantitative estimate of drug-likeness (QED) is 0.0195. The van der Waals surface area contributed by atoms with E-state index in [0.29, 0.717) is 23.9 Å². The number of hydrogen-bond donors (Lipinski definition) is 0. The largest absolute Gasteiger partial charge is 0.756 e. The molecule has 0 radical (unpaired) electrons. The van der Waals surface area contributed by atoms with E-state index in [1.807, 2.05) is 21.1 Å². The SMILES string of the molecule is CC/C=C\C/C=C\C/C=C\C/C=C\C/C=C\C/C=C\C/C=C\C/C=C\C/C=C\CCCCCCCCCCCCCC(=O)OC(COC(=O)CCCCCCC/C=C\CCCCCCC)COP(=O)([O-])OCC[N+](C)(C)C. The summed E-state index contributed by atoms with van der Waals surface area (Å²) in [6.07, 6.45) is 81.1. The van der Waals surface area contributed by atoms with Gasteiger partial charge in [-0.2, -0.15) is 0 Å². The Hall–Kier alpha value is -3.59. The summed E-state index contributed by atoms with van der Waals surface area (Å²) < 4.78 is 34.1. The maximum absolute atomic E-state index is 12.8.